The summed E-state index contributed by atoms with van der Waals surface area (Å²) in [6.45, 7) is 0.637. The molecule has 1 aromatic carbocycles. The summed E-state index contributed by atoms with van der Waals surface area (Å²) < 4.78 is 33.6. The number of aromatic nitrogens is 4. The highest BCUT2D eigenvalue weighted by atomic mass is 79.9. The van der Waals surface area contributed by atoms with Crippen LogP contribution in [0.15, 0.2) is 18.2 Å². The van der Waals surface area contributed by atoms with Crippen molar-refractivity contribution in [1.29, 1.82) is 0 Å². The van der Waals surface area contributed by atoms with Crippen LogP contribution in [-0.2, 0) is 14.4 Å². The predicted molar refractivity (Wildman–Crippen MR) is 143 cm³/mol. The maximum absolute atomic E-state index is 13.7. The topological polar surface area (TPSA) is 176 Å². The molecule has 2 saturated carbocycles. The fraction of sp³-hybridized carbons (Fsp3) is 0.538. The number of alkyl halides is 4. The maximum atomic E-state index is 13.7. The smallest absolute Gasteiger partial charge is 0.475 e. The Labute approximate surface area is 250 Å². The molecule has 4 aliphatic rings. The second-order valence-electron chi connectivity index (χ2n) is 10.9. The Morgan fingerprint density at radius 1 is 1.14 bits per heavy atom. The number of carboxylic acids is 1. The first-order valence-corrected chi connectivity index (χ1v) is 14.4. The van der Waals surface area contributed by atoms with Gasteiger partial charge in [-0.2, -0.15) is 13.2 Å². The largest absolute Gasteiger partial charge is 0.490 e. The number of hydrogen-bond acceptors (Lipinski definition) is 9. The van der Waals surface area contributed by atoms with Crippen LogP contribution in [0.5, 0.6) is 0 Å². The Hall–Kier alpha value is -3.73. The van der Waals surface area contributed by atoms with Crippen LogP contribution in [0.1, 0.15) is 95.6 Å². The Balaban J connectivity index is 0.000000472. The maximum Gasteiger partial charge on any atom is 0.490 e. The highest BCUT2D eigenvalue weighted by Crippen LogP contribution is 2.45. The number of aliphatic carboxylic acids is 1. The molecule has 2 aliphatic carbocycles. The predicted octanol–water partition coefficient (Wildman–Crippen LogP) is 2.43. The first-order chi connectivity index (χ1) is 20.3. The van der Waals surface area contributed by atoms with Crippen molar-refractivity contribution < 1.29 is 42.3 Å². The zero-order valence-electron chi connectivity index (χ0n) is 22.6. The zero-order chi connectivity index (χ0) is 31.1. The van der Waals surface area contributed by atoms with Crippen molar-refractivity contribution in [2.75, 3.05) is 6.54 Å². The molecular weight excluding hydrogens is 643 g/mol. The van der Waals surface area contributed by atoms with Crippen molar-refractivity contribution in [2.24, 2.45) is 0 Å². The van der Waals surface area contributed by atoms with E-state index in [0.717, 1.165) is 43.4 Å². The fourth-order valence-corrected chi connectivity index (χ4v) is 5.88. The number of piperidine rings is 1. The summed E-state index contributed by atoms with van der Waals surface area (Å²) in [5.41, 5.74) is 1.10. The van der Waals surface area contributed by atoms with E-state index < -0.39 is 47.9 Å². The number of hydrogen-bond donors (Lipinski definition) is 3. The summed E-state index contributed by atoms with van der Waals surface area (Å²) in [7, 11) is 0. The van der Waals surface area contributed by atoms with Crippen LogP contribution in [0.2, 0.25) is 0 Å². The molecule has 230 valence electrons. The SMILES string of the molecule is O=C(O)C(F)(F)F.O=C1CCC(N2C(=O)c3cccc(C(NCC4(Br)CC4)c4nnnn4C4CCCC4)c3C2=O)C(=O)N1. The van der Waals surface area contributed by atoms with Gasteiger partial charge in [0.05, 0.1) is 23.2 Å². The molecule has 2 atom stereocenters. The molecule has 2 aliphatic heterocycles. The molecule has 17 heteroatoms. The van der Waals surface area contributed by atoms with E-state index in [1.165, 1.54) is 0 Å². The number of nitrogens with zero attached hydrogens (tertiary/aromatic N) is 5. The average Bonchev–Trinajstić information content (AvgIpc) is 3.32. The van der Waals surface area contributed by atoms with E-state index in [2.05, 4.69) is 42.1 Å². The summed E-state index contributed by atoms with van der Waals surface area (Å²) in [6.07, 6.45) is 1.37. The van der Waals surface area contributed by atoms with E-state index in [4.69, 9.17) is 9.90 Å². The summed E-state index contributed by atoms with van der Waals surface area (Å²) in [5.74, 6) is -4.25. The number of benzene rings is 1. The lowest BCUT2D eigenvalue weighted by molar-refractivity contribution is -0.192. The van der Waals surface area contributed by atoms with Gasteiger partial charge in [-0.15, -0.1) is 5.10 Å². The molecule has 3 heterocycles. The van der Waals surface area contributed by atoms with Gasteiger partial charge < -0.3 is 10.4 Å². The van der Waals surface area contributed by atoms with E-state index in [0.29, 0.717) is 17.9 Å². The van der Waals surface area contributed by atoms with E-state index in [1.54, 1.807) is 12.1 Å². The van der Waals surface area contributed by atoms with Crippen LogP contribution in [0, 0.1) is 0 Å². The standard InChI is InChI=1S/C24H26BrN7O4.C2HF3O2/c25-24(10-11-24)12-26-19(20-28-29-30-32(20)13-4-1-2-5-13)14-6-3-7-15-18(14)23(36)31(22(15)35)16-8-9-17(33)27-21(16)34;3-2(4,5)1(6)7/h3,6-7,13,16,19,26H,1-2,4-5,8-12H2,(H,27,33,34);(H,6,7). The highest BCUT2D eigenvalue weighted by molar-refractivity contribution is 9.10. The summed E-state index contributed by atoms with van der Waals surface area (Å²) in [6, 6.07) is 3.81. The normalized spacial score (nSPS) is 22.1. The van der Waals surface area contributed by atoms with E-state index in [-0.39, 0.29) is 34.3 Å². The van der Waals surface area contributed by atoms with Crippen LogP contribution in [0.25, 0.3) is 0 Å². The van der Waals surface area contributed by atoms with Crippen molar-refractivity contribution in [3.05, 3.63) is 40.7 Å². The van der Waals surface area contributed by atoms with E-state index in [1.807, 2.05) is 10.7 Å². The molecule has 0 bridgehead atoms. The Bertz CT molecular complexity index is 1470. The molecule has 3 N–H and O–H groups in total. The van der Waals surface area contributed by atoms with Crippen molar-refractivity contribution in [3.8, 4) is 0 Å². The van der Waals surface area contributed by atoms with Gasteiger partial charge in [-0.05, 0) is 54.2 Å². The molecule has 2 aromatic rings. The van der Waals surface area contributed by atoms with Gasteiger partial charge in [0.1, 0.15) is 6.04 Å². The monoisotopic (exact) mass is 669 g/mol. The van der Waals surface area contributed by atoms with Crippen LogP contribution in [-0.4, -0.2) is 82.9 Å². The van der Waals surface area contributed by atoms with Gasteiger partial charge in [-0.25, -0.2) is 9.48 Å². The number of imide groups is 2. The summed E-state index contributed by atoms with van der Waals surface area (Å²) in [4.78, 5) is 61.1. The molecule has 0 radical (unpaired) electrons. The number of amides is 4. The third-order valence-electron chi connectivity index (χ3n) is 7.92. The van der Waals surface area contributed by atoms with E-state index in [9.17, 15) is 32.3 Å². The quantitative estimate of drug-likeness (QED) is 0.293. The van der Waals surface area contributed by atoms with Gasteiger partial charge in [-0.3, -0.25) is 29.4 Å². The zero-order valence-corrected chi connectivity index (χ0v) is 24.2. The van der Waals surface area contributed by atoms with E-state index >= 15 is 0 Å². The molecule has 3 fully saturated rings. The first kappa shape index (κ1) is 30.7. The minimum absolute atomic E-state index is 0.00652. The molecule has 13 nitrogen and oxygen atoms in total. The fourth-order valence-electron chi connectivity index (χ4n) is 5.52. The lowest BCUT2D eigenvalue weighted by atomic mass is 9.95. The lowest BCUT2D eigenvalue weighted by Gasteiger charge is -2.28. The second-order valence-corrected chi connectivity index (χ2v) is 12.6. The first-order valence-electron chi connectivity index (χ1n) is 13.7. The van der Waals surface area contributed by atoms with Crippen molar-refractivity contribution in [1.82, 2.24) is 35.7 Å². The Morgan fingerprint density at radius 3 is 2.42 bits per heavy atom. The third kappa shape index (κ3) is 6.32. The molecule has 43 heavy (non-hydrogen) atoms. The van der Waals surface area contributed by atoms with Crippen LogP contribution in [0.4, 0.5) is 13.2 Å². The van der Waals surface area contributed by atoms with Crippen molar-refractivity contribution >= 4 is 45.5 Å². The minimum Gasteiger partial charge on any atom is -0.475 e. The molecule has 4 amide bonds. The van der Waals surface area contributed by atoms with Crippen molar-refractivity contribution in [2.45, 2.75) is 80.0 Å². The third-order valence-corrected chi connectivity index (χ3v) is 8.99. The molecule has 1 aromatic heterocycles. The molecule has 2 unspecified atom stereocenters. The number of carbonyl (C=O) groups excluding carboxylic acids is 4. The van der Waals surface area contributed by atoms with Crippen molar-refractivity contribution in [3.63, 3.8) is 0 Å². The molecule has 0 spiro atoms. The van der Waals surface area contributed by atoms with Gasteiger partial charge in [0.15, 0.2) is 5.82 Å². The highest BCUT2D eigenvalue weighted by Gasteiger charge is 2.47. The van der Waals surface area contributed by atoms with Gasteiger partial charge in [0.2, 0.25) is 11.8 Å². The Kier molecular flexibility index (Phi) is 8.39. The van der Waals surface area contributed by atoms with Crippen LogP contribution in [0.3, 0.4) is 0 Å². The number of carbonyl (C=O) groups is 5. The molecule has 6 rings (SSSR count). The van der Waals surface area contributed by atoms with Crippen LogP contribution < -0.4 is 10.6 Å². The lowest BCUT2D eigenvalue weighted by Crippen LogP contribution is -2.54. The summed E-state index contributed by atoms with van der Waals surface area (Å²) in [5, 5.41) is 25.6. The number of nitrogens with one attached hydrogen (secondary N) is 2. The minimum atomic E-state index is -5.08. The van der Waals surface area contributed by atoms with Gasteiger partial charge in [0, 0.05) is 17.3 Å². The average molecular weight is 670 g/mol. The second kappa shape index (κ2) is 11.7. The Morgan fingerprint density at radius 2 is 1.81 bits per heavy atom. The number of fused-ring (bicyclic) bond motifs is 1. The van der Waals surface area contributed by atoms with Gasteiger partial charge >= 0.3 is 12.1 Å². The number of tetrazole rings is 1. The number of halogens is 4. The van der Waals surface area contributed by atoms with Crippen LogP contribution >= 0.6 is 15.9 Å². The van der Waals surface area contributed by atoms with Gasteiger partial charge in [0.25, 0.3) is 11.8 Å². The number of carboxylic acid groups (broad SMARTS) is 1. The summed E-state index contributed by atoms with van der Waals surface area (Å²) >= 11 is 3.77. The number of rotatable bonds is 7. The van der Waals surface area contributed by atoms with Gasteiger partial charge in [-0.1, -0.05) is 40.9 Å². The molecular formula is C26H27BrF3N7O6. The molecule has 1 saturated heterocycles.